The van der Waals surface area contributed by atoms with Crippen molar-refractivity contribution in [1.29, 1.82) is 0 Å². The summed E-state index contributed by atoms with van der Waals surface area (Å²) in [4.78, 5) is 20.8. The summed E-state index contributed by atoms with van der Waals surface area (Å²) >= 11 is 0. The largest absolute Gasteiger partial charge is 0.322 e. The lowest BCUT2D eigenvalue weighted by molar-refractivity contribution is 0.0265. The quantitative estimate of drug-likeness (QED) is 0.628. The van der Waals surface area contributed by atoms with Gasteiger partial charge >= 0.3 is 6.03 Å². The number of rotatable bonds is 6. The summed E-state index contributed by atoms with van der Waals surface area (Å²) in [5, 5.41) is 3.49. The zero-order valence-corrected chi connectivity index (χ0v) is 22.8. The number of sulfonamides is 1. The number of hydrogen-bond acceptors (Lipinski definition) is 5. The van der Waals surface area contributed by atoms with Gasteiger partial charge in [0.25, 0.3) is 0 Å². The molecule has 4 aliphatic rings. The number of piperidine rings is 3. The summed E-state index contributed by atoms with van der Waals surface area (Å²) in [5.74, 6) is 0.352. The number of hydrogen-bond donors (Lipinski definition) is 1. The zero-order chi connectivity index (χ0) is 25.3. The van der Waals surface area contributed by atoms with Crippen molar-refractivity contribution in [2.75, 3.05) is 58.6 Å². The van der Waals surface area contributed by atoms with Crippen molar-refractivity contribution in [1.82, 2.24) is 24.3 Å². The van der Waals surface area contributed by atoms with Gasteiger partial charge < -0.3 is 15.1 Å². The first-order valence-corrected chi connectivity index (χ1v) is 15.6. The van der Waals surface area contributed by atoms with E-state index in [1.54, 1.807) is 4.31 Å². The Morgan fingerprint density at radius 3 is 2.22 bits per heavy atom. The fourth-order valence-electron chi connectivity index (χ4n) is 6.88. The second kappa shape index (κ2) is 10.6. The predicted molar refractivity (Wildman–Crippen MR) is 142 cm³/mol. The third-order valence-corrected chi connectivity index (χ3v) is 10.5. The molecule has 4 heterocycles. The Morgan fingerprint density at radius 1 is 0.972 bits per heavy atom. The molecule has 1 N–H and O–H groups in total. The molecule has 0 aliphatic carbocycles. The van der Waals surface area contributed by atoms with Gasteiger partial charge in [-0.3, -0.25) is 4.90 Å². The number of benzene rings is 1. The van der Waals surface area contributed by atoms with Crippen molar-refractivity contribution in [3.05, 3.63) is 35.9 Å². The molecule has 0 unspecified atom stereocenters. The Kier molecular flexibility index (Phi) is 7.64. The first-order chi connectivity index (χ1) is 17.2. The molecule has 36 heavy (non-hydrogen) atoms. The molecule has 1 aromatic rings. The number of urea groups is 1. The monoisotopic (exact) mass is 517 g/mol. The van der Waals surface area contributed by atoms with Crippen molar-refractivity contribution in [3.8, 4) is 0 Å². The molecule has 0 radical (unpaired) electrons. The minimum absolute atomic E-state index is 0.0841. The van der Waals surface area contributed by atoms with E-state index in [2.05, 4.69) is 51.2 Å². The van der Waals surface area contributed by atoms with Crippen molar-refractivity contribution < 1.29 is 13.2 Å². The summed E-state index contributed by atoms with van der Waals surface area (Å²) in [6, 6.07) is 11.0. The molecule has 0 spiro atoms. The van der Waals surface area contributed by atoms with E-state index in [9.17, 15) is 13.2 Å². The van der Waals surface area contributed by atoms with E-state index < -0.39 is 10.0 Å². The van der Waals surface area contributed by atoms with E-state index in [1.165, 1.54) is 24.7 Å². The van der Waals surface area contributed by atoms with Crippen molar-refractivity contribution >= 4 is 16.1 Å². The second-order valence-electron chi connectivity index (χ2n) is 11.6. The molecule has 8 nitrogen and oxygen atoms in total. The van der Waals surface area contributed by atoms with Crippen LogP contribution in [0.3, 0.4) is 0 Å². The molecule has 4 saturated heterocycles. The lowest BCUT2D eigenvalue weighted by Crippen LogP contribution is -2.57. The summed E-state index contributed by atoms with van der Waals surface area (Å²) in [7, 11) is -3.14. The van der Waals surface area contributed by atoms with Crippen molar-refractivity contribution in [2.24, 2.45) is 5.92 Å². The highest BCUT2D eigenvalue weighted by Gasteiger charge is 2.45. The first kappa shape index (κ1) is 25.9. The maximum absolute atomic E-state index is 13.9. The second-order valence-corrected chi connectivity index (χ2v) is 13.6. The average molecular weight is 518 g/mol. The maximum Gasteiger partial charge on any atom is 0.320 e. The zero-order valence-electron chi connectivity index (χ0n) is 21.9. The van der Waals surface area contributed by atoms with E-state index in [4.69, 9.17) is 0 Å². The number of nitrogens with zero attached hydrogens (tertiary/aromatic N) is 4. The molecule has 0 saturated carbocycles. The highest BCUT2D eigenvalue weighted by atomic mass is 32.2. The molecular weight excluding hydrogens is 474 g/mol. The molecule has 5 rings (SSSR count). The minimum Gasteiger partial charge on any atom is -0.322 e. The Labute approximate surface area is 217 Å². The van der Waals surface area contributed by atoms with Gasteiger partial charge in [0.2, 0.25) is 10.0 Å². The van der Waals surface area contributed by atoms with Gasteiger partial charge in [-0.1, -0.05) is 30.3 Å². The van der Waals surface area contributed by atoms with Crippen LogP contribution in [0.2, 0.25) is 0 Å². The topological polar surface area (TPSA) is 76.2 Å². The van der Waals surface area contributed by atoms with Gasteiger partial charge in [0.1, 0.15) is 0 Å². The van der Waals surface area contributed by atoms with Crippen LogP contribution in [0.1, 0.15) is 57.1 Å². The van der Waals surface area contributed by atoms with Gasteiger partial charge in [0.05, 0.1) is 12.3 Å². The first-order valence-electron chi connectivity index (χ1n) is 13.8. The van der Waals surface area contributed by atoms with Crippen molar-refractivity contribution in [2.45, 2.75) is 63.1 Å². The molecule has 0 bridgehead atoms. The maximum atomic E-state index is 13.9. The van der Waals surface area contributed by atoms with Crippen LogP contribution in [-0.2, 0) is 10.0 Å². The van der Waals surface area contributed by atoms with Crippen LogP contribution >= 0.6 is 0 Å². The Morgan fingerprint density at radius 2 is 1.61 bits per heavy atom. The van der Waals surface area contributed by atoms with Crippen LogP contribution in [0.15, 0.2) is 30.3 Å². The number of carbonyl (C=O) groups is 1. The Hall–Kier alpha value is -1.68. The fraction of sp³-hybridized carbons (Fsp3) is 0.741. The fourth-order valence-corrected chi connectivity index (χ4v) is 7.75. The number of likely N-dealkylation sites (tertiary alicyclic amines) is 1. The highest BCUT2D eigenvalue weighted by Crippen LogP contribution is 2.37. The van der Waals surface area contributed by atoms with Gasteiger partial charge in [-0.25, -0.2) is 17.5 Å². The molecule has 1 aromatic carbocycles. The minimum atomic E-state index is -3.14. The van der Waals surface area contributed by atoms with Crippen LogP contribution in [0.5, 0.6) is 0 Å². The van der Waals surface area contributed by atoms with E-state index in [0.29, 0.717) is 19.0 Å². The van der Waals surface area contributed by atoms with Gasteiger partial charge in [0.15, 0.2) is 0 Å². The Balaban J connectivity index is 1.26. The lowest BCUT2D eigenvalue weighted by atomic mass is 9.86. The predicted octanol–water partition coefficient (Wildman–Crippen LogP) is 2.74. The van der Waals surface area contributed by atoms with Gasteiger partial charge in [-0.15, -0.1) is 0 Å². The van der Waals surface area contributed by atoms with E-state index in [1.807, 2.05) is 6.07 Å². The SMILES string of the molecule is CC1(N2CCC(N3C(=O)N(CC4CCN(S(C)(=O)=O)CC4)C[C@H]3c3ccccc3)CC2)CCNCC1. The summed E-state index contributed by atoms with van der Waals surface area (Å²) in [6.07, 6.45) is 7.36. The van der Waals surface area contributed by atoms with Crippen LogP contribution in [0.25, 0.3) is 0 Å². The Bertz CT molecular complexity index is 997. The van der Waals surface area contributed by atoms with Gasteiger partial charge in [-0.05, 0) is 70.0 Å². The molecule has 1 atom stereocenters. The molecule has 2 amide bonds. The molecular formula is C27H43N5O3S. The van der Waals surface area contributed by atoms with Crippen LogP contribution in [0, 0.1) is 5.92 Å². The van der Waals surface area contributed by atoms with Crippen molar-refractivity contribution in [3.63, 3.8) is 0 Å². The van der Waals surface area contributed by atoms with E-state index in [0.717, 1.165) is 65.0 Å². The average Bonchev–Trinajstić information content (AvgIpc) is 3.20. The number of amides is 2. The van der Waals surface area contributed by atoms with Gasteiger partial charge in [0, 0.05) is 50.8 Å². The molecule has 9 heteroatoms. The molecule has 4 fully saturated rings. The van der Waals surface area contributed by atoms with Gasteiger partial charge in [-0.2, -0.15) is 0 Å². The highest BCUT2D eigenvalue weighted by molar-refractivity contribution is 7.88. The van der Waals surface area contributed by atoms with Crippen LogP contribution in [0.4, 0.5) is 4.79 Å². The summed E-state index contributed by atoms with van der Waals surface area (Å²) < 4.78 is 25.4. The number of nitrogens with one attached hydrogen (secondary N) is 1. The third-order valence-electron chi connectivity index (χ3n) is 9.23. The lowest BCUT2D eigenvalue weighted by Gasteiger charge is -2.48. The smallest absolute Gasteiger partial charge is 0.320 e. The summed E-state index contributed by atoms with van der Waals surface area (Å²) in [6.45, 7) is 9.27. The van der Waals surface area contributed by atoms with Crippen LogP contribution < -0.4 is 5.32 Å². The van der Waals surface area contributed by atoms with Crippen LogP contribution in [-0.4, -0.2) is 104 Å². The normalized spacial score (nSPS) is 27.6. The number of carbonyl (C=O) groups excluding carboxylic acids is 1. The summed E-state index contributed by atoms with van der Waals surface area (Å²) in [5.41, 5.74) is 1.49. The standard InChI is InChI=1S/C27H43N5O3S/c1-27(12-14-28-15-13-27)30-16-10-24(11-17-30)32-25(23-6-4-3-5-7-23)21-29(26(32)33)20-22-8-18-31(19-9-22)36(2,34)35/h3-7,22,24-25,28H,8-21H2,1-2H3/t25-/m0/s1. The van der Waals surface area contributed by atoms with E-state index >= 15 is 0 Å². The molecule has 200 valence electrons. The van der Waals surface area contributed by atoms with E-state index in [-0.39, 0.29) is 23.7 Å². The molecule has 4 aliphatic heterocycles. The third kappa shape index (κ3) is 5.44. The molecule has 0 aromatic heterocycles.